The summed E-state index contributed by atoms with van der Waals surface area (Å²) in [6, 6.07) is 13.4. The van der Waals surface area contributed by atoms with E-state index in [1.165, 1.54) is 18.4 Å². The minimum atomic E-state index is -4.38. The number of nitrogens with zero attached hydrogens (tertiary/aromatic N) is 1. The number of amides is 1. The highest BCUT2D eigenvalue weighted by Crippen LogP contribution is 2.51. The molecule has 2 aliphatic rings. The van der Waals surface area contributed by atoms with E-state index in [0.29, 0.717) is 0 Å². The van der Waals surface area contributed by atoms with E-state index in [1.807, 2.05) is 13.8 Å². The topological polar surface area (TPSA) is 132 Å². The van der Waals surface area contributed by atoms with E-state index < -0.39 is 56.6 Å². The van der Waals surface area contributed by atoms with Crippen molar-refractivity contribution >= 4 is 19.5 Å². The Labute approximate surface area is 214 Å². The maximum absolute atomic E-state index is 13.8. The van der Waals surface area contributed by atoms with Crippen molar-refractivity contribution in [1.82, 2.24) is 4.90 Å². The van der Waals surface area contributed by atoms with Crippen LogP contribution >= 0.6 is 7.82 Å². The molecule has 0 spiro atoms. The molecule has 196 valence electrons. The van der Waals surface area contributed by atoms with Gasteiger partial charge in [-0.1, -0.05) is 41.5 Å². The van der Waals surface area contributed by atoms with Gasteiger partial charge in [-0.15, -0.1) is 6.58 Å². The lowest BCUT2D eigenvalue weighted by Gasteiger charge is -2.31. The van der Waals surface area contributed by atoms with Gasteiger partial charge in [-0.2, -0.15) is 0 Å². The molecule has 0 aromatic heterocycles. The van der Waals surface area contributed by atoms with Crippen LogP contribution in [-0.4, -0.2) is 57.4 Å². The Morgan fingerprint density at radius 2 is 1.59 bits per heavy atom. The summed E-state index contributed by atoms with van der Waals surface area (Å²) in [4.78, 5) is 24.9. The zero-order valence-corrected chi connectivity index (χ0v) is 21.2. The number of carbonyl (C=O) groups is 2. The van der Waals surface area contributed by atoms with Gasteiger partial charge in [0.25, 0.3) is 0 Å². The van der Waals surface area contributed by atoms with Crippen molar-refractivity contribution in [3.63, 3.8) is 0 Å². The van der Waals surface area contributed by atoms with Crippen molar-refractivity contribution in [1.29, 1.82) is 0 Å². The van der Waals surface area contributed by atoms with Gasteiger partial charge >= 0.3 is 7.82 Å². The van der Waals surface area contributed by atoms with E-state index in [-0.39, 0.29) is 11.5 Å². The second kappa shape index (κ2) is 10.6. The number of phosphoric ester groups is 1. The molecular weight excluding hydrogens is 501 g/mol. The molecule has 4 rings (SSSR count). The highest BCUT2D eigenvalue weighted by Gasteiger charge is 2.56. The number of phosphoric acid groups is 1. The smallest absolute Gasteiger partial charge is 0.395 e. The summed E-state index contributed by atoms with van der Waals surface area (Å²) in [6.45, 7) is 6.84. The SMILES string of the molecule is C=C[C@]1(COP(=O)(Oc2ccc(C)cc2)Oc2ccc(C)cc2)O[C@@H](N2C=CC(=O)CC2=O)[C@H](O)[C@@H]1O. The molecule has 0 unspecified atom stereocenters. The molecule has 0 radical (unpaired) electrons. The van der Waals surface area contributed by atoms with E-state index in [0.717, 1.165) is 16.0 Å². The van der Waals surface area contributed by atoms with Crippen molar-refractivity contribution in [3.05, 3.63) is 84.6 Å². The fraction of sp³-hybridized carbons (Fsp3) is 0.308. The Morgan fingerprint density at radius 1 is 1.05 bits per heavy atom. The van der Waals surface area contributed by atoms with Gasteiger partial charge in [0, 0.05) is 6.20 Å². The summed E-state index contributed by atoms with van der Waals surface area (Å²) in [5.41, 5.74) is 0.125. The number of allylic oxidation sites excluding steroid dienone is 1. The number of hydrogen-bond donors (Lipinski definition) is 2. The van der Waals surface area contributed by atoms with Crippen LogP contribution in [0.5, 0.6) is 11.5 Å². The van der Waals surface area contributed by atoms with Crippen molar-refractivity contribution in [2.75, 3.05) is 6.61 Å². The maximum atomic E-state index is 13.8. The van der Waals surface area contributed by atoms with Gasteiger partial charge < -0.3 is 24.0 Å². The predicted octanol–water partition coefficient (Wildman–Crippen LogP) is 3.20. The van der Waals surface area contributed by atoms with E-state index in [2.05, 4.69) is 6.58 Å². The van der Waals surface area contributed by atoms with Crippen molar-refractivity contribution < 1.29 is 42.7 Å². The molecule has 0 bridgehead atoms. The normalized spacial score (nSPS) is 25.8. The number of carbonyl (C=O) groups excluding carboxylic acids is 2. The Balaban J connectivity index is 1.58. The first kappa shape index (κ1) is 26.8. The Bertz CT molecular complexity index is 1190. The van der Waals surface area contributed by atoms with E-state index >= 15 is 0 Å². The van der Waals surface area contributed by atoms with Gasteiger partial charge in [0.1, 0.15) is 29.3 Å². The van der Waals surface area contributed by atoms with Gasteiger partial charge in [0.05, 0.1) is 13.0 Å². The third-order valence-corrected chi connectivity index (χ3v) is 7.35. The molecule has 2 aromatic rings. The zero-order valence-electron chi connectivity index (χ0n) is 20.4. The number of ether oxygens (including phenoxy) is 1. The number of rotatable bonds is 9. The standard InChI is InChI=1S/C26H28NO9P/c1-4-26(24(31)23(30)25(34-26)27-14-13-19(28)15-22(27)29)16-33-37(32,35-20-9-5-17(2)6-10-20)36-21-11-7-18(3)8-12-21/h4-14,23-25,30-31H,1,15-16H2,2-3H3/t23-,24+,25-,26-/m1/s1. The van der Waals surface area contributed by atoms with Crippen LogP contribution in [-0.2, 0) is 23.4 Å². The van der Waals surface area contributed by atoms with Gasteiger partial charge in [0.15, 0.2) is 12.0 Å². The molecule has 1 fully saturated rings. The number of hydrogen-bond acceptors (Lipinski definition) is 9. The maximum Gasteiger partial charge on any atom is 0.587 e. The first-order chi connectivity index (χ1) is 17.5. The quantitative estimate of drug-likeness (QED) is 0.286. The predicted molar refractivity (Wildman–Crippen MR) is 133 cm³/mol. The first-order valence-corrected chi connectivity index (χ1v) is 13.0. The van der Waals surface area contributed by atoms with Crippen LogP contribution in [0.2, 0.25) is 0 Å². The summed E-state index contributed by atoms with van der Waals surface area (Å²) < 4.78 is 36.6. The van der Waals surface area contributed by atoms with Crippen molar-refractivity contribution in [2.24, 2.45) is 0 Å². The molecule has 2 heterocycles. The molecule has 0 saturated carbocycles. The average Bonchev–Trinajstić information content (AvgIpc) is 3.11. The fourth-order valence-corrected chi connectivity index (χ4v) is 5.12. The van der Waals surface area contributed by atoms with E-state index in [9.17, 15) is 24.4 Å². The van der Waals surface area contributed by atoms with Gasteiger partial charge in [-0.3, -0.25) is 19.0 Å². The molecule has 0 aliphatic carbocycles. The molecule has 4 atom stereocenters. The van der Waals surface area contributed by atoms with Crippen LogP contribution in [0.1, 0.15) is 17.5 Å². The number of aliphatic hydroxyl groups excluding tert-OH is 2. The molecule has 37 heavy (non-hydrogen) atoms. The largest absolute Gasteiger partial charge is 0.587 e. The van der Waals surface area contributed by atoms with Crippen LogP contribution in [0.15, 0.2) is 73.5 Å². The molecule has 11 heteroatoms. The number of aryl methyl sites for hydroxylation is 2. The Hall–Kier alpha value is -3.27. The minimum Gasteiger partial charge on any atom is -0.395 e. The summed E-state index contributed by atoms with van der Waals surface area (Å²) in [6.07, 6.45) is -1.41. The minimum absolute atomic E-state index is 0.216. The fourth-order valence-electron chi connectivity index (χ4n) is 3.86. The van der Waals surface area contributed by atoms with E-state index in [1.54, 1.807) is 48.5 Å². The molecule has 10 nitrogen and oxygen atoms in total. The summed E-state index contributed by atoms with van der Waals surface area (Å²) >= 11 is 0. The number of ketones is 1. The molecule has 1 saturated heterocycles. The zero-order chi connectivity index (χ0) is 26.8. The summed E-state index contributed by atoms with van der Waals surface area (Å²) in [7, 11) is -4.38. The first-order valence-electron chi connectivity index (χ1n) is 11.5. The average molecular weight is 529 g/mol. The number of benzene rings is 2. The summed E-state index contributed by atoms with van der Waals surface area (Å²) in [5.74, 6) is -0.572. The van der Waals surface area contributed by atoms with Gasteiger partial charge in [0.2, 0.25) is 5.91 Å². The highest BCUT2D eigenvalue weighted by atomic mass is 31.2. The van der Waals surface area contributed by atoms with Crippen LogP contribution in [0.3, 0.4) is 0 Å². The van der Waals surface area contributed by atoms with E-state index in [4.69, 9.17) is 18.3 Å². The van der Waals surface area contributed by atoms with Crippen LogP contribution < -0.4 is 9.05 Å². The Morgan fingerprint density at radius 3 is 2.08 bits per heavy atom. The van der Waals surface area contributed by atoms with Gasteiger partial charge in [-0.05, 0) is 44.2 Å². The molecular formula is C26H28NO9P. The third kappa shape index (κ3) is 5.84. The molecule has 1 amide bonds. The van der Waals surface area contributed by atoms with Crippen molar-refractivity contribution in [3.8, 4) is 11.5 Å². The van der Waals surface area contributed by atoms with Crippen molar-refractivity contribution in [2.45, 2.75) is 44.3 Å². The lowest BCUT2D eigenvalue weighted by Crippen LogP contribution is -2.46. The molecule has 2 aliphatic heterocycles. The van der Waals surface area contributed by atoms with Crippen LogP contribution in [0.25, 0.3) is 0 Å². The number of aliphatic hydroxyl groups is 2. The Kier molecular flexibility index (Phi) is 7.68. The molecule has 2 N–H and O–H groups in total. The molecule has 2 aromatic carbocycles. The third-order valence-electron chi connectivity index (χ3n) is 6.04. The lowest BCUT2D eigenvalue weighted by atomic mass is 9.96. The monoisotopic (exact) mass is 529 g/mol. The van der Waals surface area contributed by atoms with Crippen LogP contribution in [0, 0.1) is 13.8 Å². The summed E-state index contributed by atoms with van der Waals surface area (Å²) in [5, 5.41) is 21.5. The highest BCUT2D eigenvalue weighted by molar-refractivity contribution is 7.49. The second-order valence-electron chi connectivity index (χ2n) is 8.89. The lowest BCUT2D eigenvalue weighted by molar-refractivity contribution is -0.153. The van der Waals surface area contributed by atoms with Gasteiger partial charge in [-0.25, -0.2) is 4.57 Å². The van der Waals surface area contributed by atoms with Crippen LogP contribution in [0.4, 0.5) is 0 Å². The second-order valence-corrected chi connectivity index (χ2v) is 10.4.